The minimum atomic E-state index is -0.184. The Morgan fingerprint density at radius 1 is 1.10 bits per heavy atom. The third-order valence-corrected chi connectivity index (χ3v) is 5.67. The molecule has 0 saturated carbocycles. The second-order valence-corrected chi connectivity index (χ2v) is 9.16. The fourth-order valence-corrected chi connectivity index (χ4v) is 3.75. The quantitative estimate of drug-likeness (QED) is 0.483. The van der Waals surface area contributed by atoms with Crippen molar-refractivity contribution in [2.45, 2.75) is 46.5 Å². The molecule has 5 heteroatoms. The molecule has 0 spiro atoms. The number of halogens is 1. The van der Waals surface area contributed by atoms with E-state index in [1.165, 1.54) is 15.8 Å². The van der Waals surface area contributed by atoms with Gasteiger partial charge < -0.3 is 4.74 Å². The second-order valence-electron chi connectivity index (χ2n) is 8.30. The summed E-state index contributed by atoms with van der Waals surface area (Å²) in [6.45, 7) is 10.3. The Labute approximate surface area is 181 Å². The van der Waals surface area contributed by atoms with Crippen molar-refractivity contribution in [1.29, 1.82) is 0 Å². The van der Waals surface area contributed by atoms with E-state index >= 15 is 0 Å². The van der Waals surface area contributed by atoms with Crippen LogP contribution < -0.4 is 4.74 Å². The fourth-order valence-electron chi connectivity index (χ4n) is 3.26. The van der Waals surface area contributed by atoms with Crippen molar-refractivity contribution in [1.82, 2.24) is 9.78 Å². The molecular formula is C24H27BrN2O2. The average Bonchev–Trinajstić information content (AvgIpc) is 2.95. The molecule has 0 bridgehead atoms. The smallest absolute Gasteiger partial charge is 0.284 e. The third kappa shape index (κ3) is 4.96. The molecule has 29 heavy (non-hydrogen) atoms. The highest BCUT2D eigenvalue weighted by molar-refractivity contribution is 9.10. The Hall–Kier alpha value is -2.40. The van der Waals surface area contributed by atoms with Crippen LogP contribution in [0.3, 0.4) is 0 Å². The molecule has 0 aliphatic rings. The molecule has 1 heterocycles. The highest BCUT2D eigenvalue weighted by Gasteiger charge is 2.19. The normalized spacial score (nSPS) is 11.5. The van der Waals surface area contributed by atoms with Gasteiger partial charge in [0.1, 0.15) is 5.75 Å². The predicted octanol–water partition coefficient (Wildman–Crippen LogP) is 5.87. The number of hydrogen-bond acceptors (Lipinski definition) is 3. The van der Waals surface area contributed by atoms with E-state index in [0.717, 1.165) is 27.8 Å². The number of aryl methyl sites for hydroxylation is 1. The summed E-state index contributed by atoms with van der Waals surface area (Å²) in [6.07, 6.45) is 0.756. The molecule has 0 N–H and O–H groups in total. The van der Waals surface area contributed by atoms with E-state index in [0.29, 0.717) is 5.75 Å². The molecule has 152 valence electrons. The van der Waals surface area contributed by atoms with Crippen molar-refractivity contribution in [3.05, 3.63) is 81.1 Å². The Morgan fingerprint density at radius 2 is 1.79 bits per heavy atom. The van der Waals surface area contributed by atoms with Crippen LogP contribution >= 0.6 is 15.9 Å². The SMILES string of the molecule is Cc1nn(C(=O)COc2ccc(C(C)(C)C)cc2Br)c(C)c1Cc1ccccc1. The Bertz CT molecular complexity index is 1020. The van der Waals surface area contributed by atoms with Gasteiger partial charge in [0.05, 0.1) is 10.2 Å². The molecule has 3 aromatic rings. The summed E-state index contributed by atoms with van der Waals surface area (Å²) in [5.41, 5.74) is 5.27. The largest absolute Gasteiger partial charge is 0.483 e. The first kappa shape index (κ1) is 21.3. The van der Waals surface area contributed by atoms with Crippen molar-refractivity contribution in [2.24, 2.45) is 0 Å². The van der Waals surface area contributed by atoms with Crippen molar-refractivity contribution in [3.63, 3.8) is 0 Å². The van der Waals surface area contributed by atoms with Gasteiger partial charge in [0, 0.05) is 17.7 Å². The van der Waals surface area contributed by atoms with Gasteiger partial charge in [0.2, 0.25) is 0 Å². The molecule has 0 saturated heterocycles. The molecule has 0 atom stereocenters. The van der Waals surface area contributed by atoms with Gasteiger partial charge in [-0.3, -0.25) is 4.79 Å². The number of benzene rings is 2. The van der Waals surface area contributed by atoms with Gasteiger partial charge in [-0.05, 0) is 58.5 Å². The van der Waals surface area contributed by atoms with Crippen molar-refractivity contribution in [3.8, 4) is 5.75 Å². The molecule has 1 aromatic heterocycles. The summed E-state index contributed by atoms with van der Waals surface area (Å²) in [5.74, 6) is 0.467. The number of nitrogens with zero attached hydrogens (tertiary/aromatic N) is 2. The Kier molecular flexibility index (Phi) is 6.27. The van der Waals surface area contributed by atoms with Crippen molar-refractivity contribution < 1.29 is 9.53 Å². The van der Waals surface area contributed by atoms with Crippen LogP contribution in [0.1, 0.15) is 53.6 Å². The molecule has 3 rings (SSSR count). The third-order valence-electron chi connectivity index (χ3n) is 5.05. The number of carbonyl (C=O) groups is 1. The first-order chi connectivity index (χ1) is 13.7. The van der Waals surface area contributed by atoms with Gasteiger partial charge in [0.15, 0.2) is 6.61 Å². The van der Waals surface area contributed by atoms with E-state index in [1.54, 1.807) is 0 Å². The summed E-state index contributed by atoms with van der Waals surface area (Å²) >= 11 is 3.55. The van der Waals surface area contributed by atoms with Crippen LogP contribution in [-0.4, -0.2) is 22.3 Å². The van der Waals surface area contributed by atoms with Crippen LogP contribution in [0.25, 0.3) is 0 Å². The first-order valence-corrected chi connectivity index (χ1v) is 10.5. The molecule has 0 amide bonds. The maximum absolute atomic E-state index is 12.8. The van der Waals surface area contributed by atoms with Gasteiger partial charge in [-0.2, -0.15) is 5.10 Å². The molecule has 0 radical (unpaired) electrons. The maximum atomic E-state index is 12.8. The number of hydrogen-bond donors (Lipinski definition) is 0. The molecule has 4 nitrogen and oxygen atoms in total. The van der Waals surface area contributed by atoms with Crippen LogP contribution in [0.2, 0.25) is 0 Å². The standard InChI is InChI=1S/C24H27BrN2O2/c1-16-20(13-18-9-7-6-8-10-18)17(2)27(26-16)23(28)15-29-22-12-11-19(14-21(22)25)24(3,4)5/h6-12,14H,13,15H2,1-5H3. The summed E-state index contributed by atoms with van der Waals surface area (Å²) in [4.78, 5) is 12.8. The predicted molar refractivity (Wildman–Crippen MR) is 120 cm³/mol. The summed E-state index contributed by atoms with van der Waals surface area (Å²) in [5, 5.41) is 4.46. The molecule has 0 aliphatic carbocycles. The molecule has 0 aliphatic heterocycles. The highest BCUT2D eigenvalue weighted by Crippen LogP contribution is 2.31. The molecular weight excluding hydrogens is 428 g/mol. The zero-order valence-corrected chi connectivity index (χ0v) is 19.2. The summed E-state index contributed by atoms with van der Waals surface area (Å²) in [6, 6.07) is 16.2. The zero-order chi connectivity index (χ0) is 21.2. The topological polar surface area (TPSA) is 44.1 Å². The van der Waals surface area contributed by atoms with Crippen LogP contribution in [0.5, 0.6) is 5.75 Å². The van der Waals surface area contributed by atoms with Gasteiger partial charge >= 0.3 is 0 Å². The van der Waals surface area contributed by atoms with Crippen LogP contribution in [-0.2, 0) is 11.8 Å². The lowest BCUT2D eigenvalue weighted by molar-refractivity contribution is 0.0817. The first-order valence-electron chi connectivity index (χ1n) is 9.72. The van der Waals surface area contributed by atoms with E-state index in [4.69, 9.17) is 4.74 Å². The van der Waals surface area contributed by atoms with Gasteiger partial charge in [0.25, 0.3) is 5.91 Å². The minimum absolute atomic E-state index is 0.0513. The molecule has 2 aromatic carbocycles. The van der Waals surface area contributed by atoms with E-state index in [9.17, 15) is 4.79 Å². The number of carbonyl (C=O) groups excluding carboxylic acids is 1. The Morgan fingerprint density at radius 3 is 2.41 bits per heavy atom. The lowest BCUT2D eigenvalue weighted by Gasteiger charge is -2.20. The van der Waals surface area contributed by atoms with E-state index in [1.807, 2.05) is 50.2 Å². The average molecular weight is 455 g/mol. The number of ether oxygens (including phenoxy) is 1. The minimum Gasteiger partial charge on any atom is -0.483 e. The summed E-state index contributed by atoms with van der Waals surface area (Å²) < 4.78 is 8.09. The molecule has 0 fully saturated rings. The van der Waals surface area contributed by atoms with Crippen LogP contribution in [0.4, 0.5) is 0 Å². The van der Waals surface area contributed by atoms with Gasteiger partial charge in [-0.1, -0.05) is 57.2 Å². The lowest BCUT2D eigenvalue weighted by atomic mass is 9.87. The molecule has 0 unspecified atom stereocenters. The number of aromatic nitrogens is 2. The zero-order valence-electron chi connectivity index (χ0n) is 17.6. The van der Waals surface area contributed by atoms with Crippen LogP contribution in [0.15, 0.2) is 53.0 Å². The maximum Gasteiger partial charge on any atom is 0.284 e. The highest BCUT2D eigenvalue weighted by atomic mass is 79.9. The van der Waals surface area contributed by atoms with Gasteiger partial charge in [-0.15, -0.1) is 0 Å². The fraction of sp³-hybridized carbons (Fsp3) is 0.333. The number of rotatable bonds is 5. The van der Waals surface area contributed by atoms with Gasteiger partial charge in [-0.25, -0.2) is 4.68 Å². The van der Waals surface area contributed by atoms with E-state index in [-0.39, 0.29) is 17.9 Å². The second kappa shape index (κ2) is 8.54. The van der Waals surface area contributed by atoms with E-state index < -0.39 is 0 Å². The van der Waals surface area contributed by atoms with Crippen molar-refractivity contribution in [2.75, 3.05) is 6.61 Å². The van der Waals surface area contributed by atoms with Crippen LogP contribution in [0, 0.1) is 13.8 Å². The Balaban J connectivity index is 1.73. The van der Waals surface area contributed by atoms with E-state index in [2.05, 4.69) is 53.9 Å². The monoisotopic (exact) mass is 454 g/mol. The van der Waals surface area contributed by atoms with Crippen molar-refractivity contribution >= 4 is 21.8 Å². The lowest BCUT2D eigenvalue weighted by Crippen LogP contribution is -2.22. The summed E-state index contributed by atoms with van der Waals surface area (Å²) in [7, 11) is 0.